The molecule has 4 nitrogen and oxygen atoms in total. The lowest BCUT2D eigenvalue weighted by atomic mass is 10.1. The number of aromatic nitrogens is 2. The minimum atomic E-state index is -0.653. The number of hydrogen-bond acceptors (Lipinski definition) is 2. The number of carbonyl (C=O) groups excluding carboxylic acids is 1. The maximum Gasteiger partial charge on any atom is 0.293 e. The van der Waals surface area contributed by atoms with Gasteiger partial charge in [0, 0.05) is 11.5 Å². The third-order valence-corrected chi connectivity index (χ3v) is 2.02. The molecular weight excluding hydrogens is 202 g/mol. The molecule has 0 spiro atoms. The van der Waals surface area contributed by atoms with Gasteiger partial charge in [-0.05, 0) is 0 Å². The molecule has 2 rings (SSSR count). The Balaban J connectivity index is 2.42. The largest absolute Gasteiger partial charge is 0.359 e. The van der Waals surface area contributed by atoms with Crippen LogP contribution in [-0.2, 0) is 4.79 Å². The predicted molar refractivity (Wildman–Crippen MR) is 60.1 cm³/mol. The van der Waals surface area contributed by atoms with E-state index in [1.54, 1.807) is 6.20 Å². The van der Waals surface area contributed by atoms with Gasteiger partial charge in [-0.2, -0.15) is 5.10 Å². The van der Waals surface area contributed by atoms with Gasteiger partial charge < -0.3 is 5.73 Å². The SMILES string of the molecule is NC(=O)C#Cc1cn[nH]c1-c1ccccc1. The van der Waals surface area contributed by atoms with E-state index < -0.39 is 5.91 Å². The highest BCUT2D eigenvalue weighted by Crippen LogP contribution is 2.19. The van der Waals surface area contributed by atoms with Gasteiger partial charge in [0.25, 0.3) is 5.91 Å². The zero-order valence-corrected chi connectivity index (χ0v) is 8.40. The molecule has 0 aliphatic carbocycles. The van der Waals surface area contributed by atoms with Gasteiger partial charge in [-0.25, -0.2) is 0 Å². The van der Waals surface area contributed by atoms with Crippen molar-refractivity contribution in [1.82, 2.24) is 10.2 Å². The number of aromatic amines is 1. The lowest BCUT2D eigenvalue weighted by molar-refractivity contribution is -0.112. The van der Waals surface area contributed by atoms with Gasteiger partial charge in [0.15, 0.2) is 0 Å². The molecule has 1 aromatic heterocycles. The van der Waals surface area contributed by atoms with Crippen molar-refractivity contribution in [2.45, 2.75) is 0 Å². The third-order valence-electron chi connectivity index (χ3n) is 2.02. The second-order valence-electron chi connectivity index (χ2n) is 3.14. The summed E-state index contributed by atoms with van der Waals surface area (Å²) in [5.41, 5.74) is 7.36. The van der Waals surface area contributed by atoms with Crippen LogP contribution in [0.4, 0.5) is 0 Å². The summed E-state index contributed by atoms with van der Waals surface area (Å²) in [4.78, 5) is 10.6. The Hall–Kier alpha value is -2.54. The average Bonchev–Trinajstić information content (AvgIpc) is 2.75. The molecule has 0 bridgehead atoms. The number of benzene rings is 1. The van der Waals surface area contributed by atoms with E-state index >= 15 is 0 Å². The minimum absolute atomic E-state index is 0.653. The first-order valence-corrected chi connectivity index (χ1v) is 4.67. The molecule has 0 saturated heterocycles. The monoisotopic (exact) mass is 211 g/mol. The van der Waals surface area contributed by atoms with Crippen LogP contribution in [0.3, 0.4) is 0 Å². The Morgan fingerprint density at radius 3 is 2.75 bits per heavy atom. The Morgan fingerprint density at radius 2 is 2.06 bits per heavy atom. The zero-order chi connectivity index (χ0) is 11.4. The lowest BCUT2D eigenvalue weighted by Crippen LogP contribution is -2.06. The van der Waals surface area contributed by atoms with E-state index in [9.17, 15) is 4.79 Å². The molecule has 1 heterocycles. The summed E-state index contributed by atoms with van der Waals surface area (Å²) in [6, 6.07) is 9.63. The molecule has 0 fully saturated rings. The standard InChI is InChI=1S/C12H9N3O/c13-11(16)7-6-10-8-14-15-12(10)9-4-2-1-3-5-9/h1-5,8H,(H2,13,16)(H,14,15). The molecular formula is C12H9N3O. The quantitative estimate of drug-likeness (QED) is 0.688. The van der Waals surface area contributed by atoms with E-state index in [4.69, 9.17) is 5.73 Å². The fourth-order valence-corrected chi connectivity index (χ4v) is 1.33. The van der Waals surface area contributed by atoms with Gasteiger partial charge >= 0.3 is 0 Å². The van der Waals surface area contributed by atoms with E-state index in [0.29, 0.717) is 5.56 Å². The molecule has 3 N–H and O–H groups in total. The van der Waals surface area contributed by atoms with Gasteiger partial charge in [-0.1, -0.05) is 36.3 Å². The highest BCUT2D eigenvalue weighted by Gasteiger charge is 2.04. The maximum absolute atomic E-state index is 10.6. The number of H-pyrrole nitrogens is 1. The topological polar surface area (TPSA) is 71.8 Å². The van der Waals surface area contributed by atoms with Crippen molar-refractivity contribution in [3.63, 3.8) is 0 Å². The minimum Gasteiger partial charge on any atom is -0.359 e. The first kappa shape index (κ1) is 9.99. The van der Waals surface area contributed by atoms with Crippen molar-refractivity contribution in [1.29, 1.82) is 0 Å². The summed E-state index contributed by atoms with van der Waals surface area (Å²) < 4.78 is 0. The van der Waals surface area contributed by atoms with E-state index in [1.165, 1.54) is 0 Å². The molecule has 0 unspecified atom stereocenters. The first-order chi connectivity index (χ1) is 7.77. The number of primary amides is 1. The van der Waals surface area contributed by atoms with Crippen molar-refractivity contribution in [2.75, 3.05) is 0 Å². The molecule has 0 saturated carbocycles. The molecule has 1 amide bonds. The van der Waals surface area contributed by atoms with Gasteiger partial charge in [-0.3, -0.25) is 9.89 Å². The molecule has 4 heteroatoms. The summed E-state index contributed by atoms with van der Waals surface area (Å²) in [6.07, 6.45) is 1.57. The van der Waals surface area contributed by atoms with Crippen LogP contribution in [0.1, 0.15) is 5.56 Å². The van der Waals surface area contributed by atoms with Crippen LogP contribution in [0.15, 0.2) is 36.5 Å². The smallest absolute Gasteiger partial charge is 0.293 e. The summed E-state index contributed by atoms with van der Waals surface area (Å²) in [5, 5.41) is 6.74. The van der Waals surface area contributed by atoms with Crippen LogP contribution in [0.2, 0.25) is 0 Å². The number of rotatable bonds is 1. The Bertz CT molecular complexity index is 561. The molecule has 0 radical (unpaired) electrons. The van der Waals surface area contributed by atoms with Crippen LogP contribution in [-0.4, -0.2) is 16.1 Å². The van der Waals surface area contributed by atoms with Gasteiger partial charge in [0.1, 0.15) is 0 Å². The predicted octanol–water partition coefficient (Wildman–Crippen LogP) is 0.913. The van der Waals surface area contributed by atoms with Gasteiger partial charge in [0.05, 0.1) is 17.5 Å². The second-order valence-corrected chi connectivity index (χ2v) is 3.14. The van der Waals surface area contributed by atoms with Crippen LogP contribution in [0, 0.1) is 11.8 Å². The second kappa shape index (κ2) is 4.32. The van der Waals surface area contributed by atoms with E-state index in [2.05, 4.69) is 22.0 Å². The lowest BCUT2D eigenvalue weighted by Gasteiger charge is -1.96. The Labute approximate surface area is 92.5 Å². The van der Waals surface area contributed by atoms with E-state index in [-0.39, 0.29) is 0 Å². The Morgan fingerprint density at radius 1 is 1.31 bits per heavy atom. The number of carbonyl (C=O) groups is 1. The van der Waals surface area contributed by atoms with Crippen molar-refractivity contribution in [3.05, 3.63) is 42.1 Å². The summed E-state index contributed by atoms with van der Waals surface area (Å²) >= 11 is 0. The van der Waals surface area contributed by atoms with Crippen molar-refractivity contribution >= 4 is 5.91 Å². The highest BCUT2D eigenvalue weighted by atomic mass is 16.1. The van der Waals surface area contributed by atoms with Crippen LogP contribution >= 0.6 is 0 Å². The van der Waals surface area contributed by atoms with E-state index in [0.717, 1.165) is 11.3 Å². The maximum atomic E-state index is 10.6. The van der Waals surface area contributed by atoms with Gasteiger partial charge in [0.2, 0.25) is 0 Å². The molecule has 78 valence electrons. The van der Waals surface area contributed by atoms with Crippen molar-refractivity contribution in [2.24, 2.45) is 5.73 Å². The molecule has 1 aromatic carbocycles. The fourth-order valence-electron chi connectivity index (χ4n) is 1.33. The van der Waals surface area contributed by atoms with Gasteiger partial charge in [-0.15, -0.1) is 0 Å². The van der Waals surface area contributed by atoms with E-state index in [1.807, 2.05) is 30.3 Å². The molecule has 2 aromatic rings. The highest BCUT2D eigenvalue weighted by molar-refractivity contribution is 5.92. The molecule has 0 aliphatic heterocycles. The zero-order valence-electron chi connectivity index (χ0n) is 8.40. The van der Waals surface area contributed by atoms with Crippen LogP contribution in [0.5, 0.6) is 0 Å². The van der Waals surface area contributed by atoms with Crippen molar-refractivity contribution < 1.29 is 4.79 Å². The number of nitrogens with two attached hydrogens (primary N) is 1. The van der Waals surface area contributed by atoms with Crippen LogP contribution < -0.4 is 5.73 Å². The summed E-state index contributed by atoms with van der Waals surface area (Å²) in [5.74, 6) is 4.31. The number of hydrogen-bond donors (Lipinski definition) is 2. The summed E-state index contributed by atoms with van der Waals surface area (Å²) in [7, 11) is 0. The fraction of sp³-hybridized carbons (Fsp3) is 0. The molecule has 16 heavy (non-hydrogen) atoms. The number of amides is 1. The summed E-state index contributed by atoms with van der Waals surface area (Å²) in [6.45, 7) is 0. The average molecular weight is 211 g/mol. The number of nitrogens with one attached hydrogen (secondary N) is 1. The van der Waals surface area contributed by atoms with Crippen molar-refractivity contribution in [3.8, 4) is 23.1 Å². The normalized spacial score (nSPS) is 9.25. The molecule has 0 atom stereocenters. The first-order valence-electron chi connectivity index (χ1n) is 4.67. The third kappa shape index (κ3) is 2.10. The Kier molecular flexibility index (Phi) is 2.70. The molecule has 0 aliphatic rings. The van der Waals surface area contributed by atoms with Crippen LogP contribution in [0.25, 0.3) is 11.3 Å². The number of nitrogens with zero attached hydrogens (tertiary/aromatic N) is 1.